The lowest BCUT2D eigenvalue weighted by Gasteiger charge is -2.33. The highest BCUT2D eigenvalue weighted by atomic mass is 35.5. The molecule has 0 unspecified atom stereocenters. The highest BCUT2D eigenvalue weighted by molar-refractivity contribution is 5.92. The molecular weight excluding hydrogens is 495 g/mol. The molecule has 0 atom stereocenters. The Kier molecular flexibility index (Phi) is 11.7. The number of guanidine groups is 1. The van der Waals surface area contributed by atoms with Crippen LogP contribution in [0.5, 0.6) is 5.75 Å². The number of carbonyl (C=O) groups excluding carboxylic acids is 3. The summed E-state index contributed by atoms with van der Waals surface area (Å²) in [5.41, 5.74) is 17.5. The predicted octanol–water partition coefficient (Wildman–Crippen LogP) is 1.30. The van der Waals surface area contributed by atoms with E-state index in [4.69, 9.17) is 21.9 Å². The molecule has 3 rings (SSSR count). The van der Waals surface area contributed by atoms with E-state index < -0.39 is 5.97 Å². The molecule has 1 aliphatic rings. The van der Waals surface area contributed by atoms with Gasteiger partial charge in [-0.1, -0.05) is 12.1 Å². The Balaban J connectivity index is 0.00000306. The van der Waals surface area contributed by atoms with Gasteiger partial charge in [0.05, 0.1) is 17.8 Å². The number of hydrogen-bond acceptors (Lipinski definition) is 6. The van der Waals surface area contributed by atoms with Crippen LogP contribution in [0.15, 0.2) is 59.6 Å². The molecule has 1 fully saturated rings. The number of amides is 2. The second-order valence-corrected chi connectivity index (χ2v) is 7.44. The zero-order chi connectivity index (χ0) is 23.8. The van der Waals surface area contributed by atoms with E-state index >= 15 is 0 Å². The summed E-state index contributed by atoms with van der Waals surface area (Å²) in [6.07, 6.45) is 3.20. The number of piperazine rings is 1. The summed E-state index contributed by atoms with van der Waals surface area (Å²) < 4.78 is 5.37. The first-order valence-electron chi connectivity index (χ1n) is 10.3. The Bertz CT molecular complexity index is 1060. The molecule has 0 spiro atoms. The van der Waals surface area contributed by atoms with Gasteiger partial charge in [-0.25, -0.2) is 9.79 Å². The van der Waals surface area contributed by atoms with Gasteiger partial charge in [0.25, 0.3) is 0 Å². The van der Waals surface area contributed by atoms with Crippen molar-refractivity contribution in [2.24, 2.45) is 22.2 Å². The topological polar surface area (TPSA) is 157 Å². The van der Waals surface area contributed by atoms with Crippen molar-refractivity contribution < 1.29 is 19.1 Å². The van der Waals surface area contributed by atoms with Gasteiger partial charge in [0.1, 0.15) is 5.75 Å². The van der Waals surface area contributed by atoms with Gasteiger partial charge in [-0.05, 0) is 48.0 Å². The second kappa shape index (κ2) is 14.0. The van der Waals surface area contributed by atoms with Crippen molar-refractivity contribution >= 4 is 60.3 Å². The van der Waals surface area contributed by atoms with Crippen molar-refractivity contribution in [3.05, 3.63) is 65.7 Å². The minimum atomic E-state index is -0.514. The molecule has 1 heterocycles. The van der Waals surface area contributed by atoms with Crippen LogP contribution < -0.4 is 21.9 Å². The molecule has 10 nitrogen and oxygen atoms in total. The molecule has 1 saturated heterocycles. The van der Waals surface area contributed by atoms with Crippen molar-refractivity contribution in [2.75, 3.05) is 32.7 Å². The number of aliphatic imine (C=N–C) groups is 1. The minimum Gasteiger partial charge on any atom is -0.423 e. The van der Waals surface area contributed by atoms with Crippen LogP contribution in [-0.2, 0) is 9.59 Å². The molecule has 1 aliphatic heterocycles. The number of hydrogen-bond donors (Lipinski definition) is 3. The smallest absolute Gasteiger partial charge is 0.343 e. The lowest BCUT2D eigenvalue weighted by atomic mass is 10.2. The molecule has 0 radical (unpaired) electrons. The number of nitrogens with zero attached hydrogens (tertiary/aromatic N) is 3. The molecule has 0 bridgehead atoms. The zero-order valence-corrected chi connectivity index (χ0v) is 20.5. The average Bonchev–Trinajstić information content (AvgIpc) is 2.78. The fraction of sp³-hybridized carbons (Fsp3) is 0.217. The van der Waals surface area contributed by atoms with Crippen LogP contribution in [0.1, 0.15) is 15.9 Å². The third-order valence-corrected chi connectivity index (χ3v) is 4.93. The Morgan fingerprint density at radius 2 is 1.49 bits per heavy atom. The van der Waals surface area contributed by atoms with Crippen LogP contribution in [0.3, 0.4) is 0 Å². The third-order valence-electron chi connectivity index (χ3n) is 4.93. The Labute approximate surface area is 215 Å². The van der Waals surface area contributed by atoms with Crippen LogP contribution in [-0.4, -0.2) is 66.3 Å². The van der Waals surface area contributed by atoms with E-state index in [2.05, 4.69) is 4.99 Å². The van der Waals surface area contributed by atoms with E-state index in [9.17, 15) is 14.4 Å². The fourth-order valence-corrected chi connectivity index (χ4v) is 3.25. The maximum absolute atomic E-state index is 12.4. The summed E-state index contributed by atoms with van der Waals surface area (Å²) in [7, 11) is 0. The number of primary amides is 1. The molecule has 2 amide bonds. The SMILES string of the molecule is Cl.Cl.NC(=O)CN1CCN(C(=O)/C=C/c2ccc(OC(=O)c3ccc(N=C(N)N)cc3)cc2)CC1. The summed E-state index contributed by atoms with van der Waals surface area (Å²) >= 11 is 0. The molecule has 35 heavy (non-hydrogen) atoms. The average molecular weight is 523 g/mol. The Morgan fingerprint density at radius 1 is 0.886 bits per heavy atom. The van der Waals surface area contributed by atoms with Crippen LogP contribution in [0.2, 0.25) is 0 Å². The summed E-state index contributed by atoms with van der Waals surface area (Å²) in [5, 5.41) is 0. The molecule has 2 aromatic rings. The van der Waals surface area contributed by atoms with Crippen molar-refractivity contribution in [1.29, 1.82) is 0 Å². The molecule has 188 valence electrons. The maximum Gasteiger partial charge on any atom is 0.343 e. The molecule has 6 N–H and O–H groups in total. The van der Waals surface area contributed by atoms with Gasteiger partial charge in [-0.3, -0.25) is 14.5 Å². The number of carbonyl (C=O) groups is 3. The number of esters is 1. The standard InChI is InChI=1S/C23H26N6O4.2ClH/c24-20(30)15-28-11-13-29(14-12-28)21(31)10-3-16-1-8-19(9-2-16)33-22(32)17-4-6-18(7-5-17)27-23(25)26;;/h1-10H,11-15H2,(H2,24,30)(H4,25,26,27);2*1H/b10-3+;;. The van der Waals surface area contributed by atoms with E-state index in [0.717, 1.165) is 5.56 Å². The highest BCUT2D eigenvalue weighted by Crippen LogP contribution is 2.17. The highest BCUT2D eigenvalue weighted by Gasteiger charge is 2.20. The van der Waals surface area contributed by atoms with E-state index in [1.54, 1.807) is 59.5 Å². The molecule has 2 aromatic carbocycles. The summed E-state index contributed by atoms with van der Waals surface area (Å²) in [5.74, 6) is -0.676. The van der Waals surface area contributed by atoms with E-state index in [0.29, 0.717) is 43.2 Å². The van der Waals surface area contributed by atoms with Crippen molar-refractivity contribution in [3.63, 3.8) is 0 Å². The Morgan fingerprint density at radius 3 is 2.03 bits per heavy atom. The number of halogens is 2. The first-order valence-corrected chi connectivity index (χ1v) is 10.3. The first kappa shape index (κ1) is 29.4. The zero-order valence-electron chi connectivity index (χ0n) is 18.8. The lowest BCUT2D eigenvalue weighted by molar-refractivity contribution is -0.128. The molecule has 0 saturated carbocycles. The molecule has 12 heteroatoms. The maximum atomic E-state index is 12.4. The lowest BCUT2D eigenvalue weighted by Crippen LogP contribution is -2.50. The Hall–Kier alpha value is -3.60. The monoisotopic (exact) mass is 522 g/mol. The van der Waals surface area contributed by atoms with Crippen LogP contribution in [0.25, 0.3) is 6.08 Å². The number of rotatable bonds is 7. The van der Waals surface area contributed by atoms with Crippen LogP contribution >= 0.6 is 24.8 Å². The van der Waals surface area contributed by atoms with Gasteiger partial charge in [-0.2, -0.15) is 0 Å². The van der Waals surface area contributed by atoms with Gasteiger partial charge in [0.15, 0.2) is 5.96 Å². The molecule has 0 aliphatic carbocycles. The summed E-state index contributed by atoms with van der Waals surface area (Å²) in [6, 6.07) is 13.2. The van der Waals surface area contributed by atoms with E-state index in [1.165, 1.54) is 6.08 Å². The third kappa shape index (κ3) is 9.28. The van der Waals surface area contributed by atoms with E-state index in [1.807, 2.05) is 4.90 Å². The molecule has 0 aromatic heterocycles. The number of nitrogens with two attached hydrogens (primary N) is 3. The minimum absolute atomic E-state index is 0. The summed E-state index contributed by atoms with van der Waals surface area (Å²) in [6.45, 7) is 2.51. The quantitative estimate of drug-likeness (QED) is 0.162. The van der Waals surface area contributed by atoms with Crippen molar-refractivity contribution in [3.8, 4) is 5.75 Å². The van der Waals surface area contributed by atoms with Gasteiger partial charge < -0.3 is 26.8 Å². The largest absolute Gasteiger partial charge is 0.423 e. The van der Waals surface area contributed by atoms with Gasteiger partial charge in [0, 0.05) is 32.3 Å². The second-order valence-electron chi connectivity index (χ2n) is 7.44. The number of ether oxygens (including phenoxy) is 1. The normalized spacial score (nSPS) is 13.3. The van der Waals surface area contributed by atoms with E-state index in [-0.39, 0.29) is 49.1 Å². The summed E-state index contributed by atoms with van der Waals surface area (Å²) in [4.78, 5) is 43.2. The predicted molar refractivity (Wildman–Crippen MR) is 139 cm³/mol. The first-order chi connectivity index (χ1) is 15.8. The van der Waals surface area contributed by atoms with Crippen molar-refractivity contribution in [2.45, 2.75) is 0 Å². The van der Waals surface area contributed by atoms with Crippen LogP contribution in [0.4, 0.5) is 5.69 Å². The van der Waals surface area contributed by atoms with Gasteiger partial charge in [0.2, 0.25) is 11.8 Å². The fourth-order valence-electron chi connectivity index (χ4n) is 3.25. The van der Waals surface area contributed by atoms with Crippen molar-refractivity contribution in [1.82, 2.24) is 9.80 Å². The van der Waals surface area contributed by atoms with Crippen LogP contribution in [0, 0.1) is 0 Å². The molecular formula is C23H28Cl2N6O4. The van der Waals surface area contributed by atoms with Gasteiger partial charge >= 0.3 is 5.97 Å². The number of benzene rings is 2. The van der Waals surface area contributed by atoms with Gasteiger partial charge in [-0.15, -0.1) is 24.8 Å².